The normalized spacial score (nSPS) is 10.1. The van der Waals surface area contributed by atoms with Crippen LogP contribution in [-0.2, 0) is 0 Å². The fraction of sp³-hybridized carbons (Fsp3) is 0.533. The molecule has 0 heterocycles. The first-order chi connectivity index (χ1) is 9.36. The molecule has 0 aliphatic carbocycles. The molecule has 4 heteroatoms. The van der Waals surface area contributed by atoms with E-state index in [4.69, 9.17) is 10.00 Å². The Labute approximate surface area is 115 Å². The van der Waals surface area contributed by atoms with E-state index in [-0.39, 0.29) is 0 Å². The molecule has 0 bridgehead atoms. The van der Waals surface area contributed by atoms with E-state index in [0.29, 0.717) is 12.2 Å². The van der Waals surface area contributed by atoms with Crippen LogP contribution in [0, 0.1) is 11.3 Å². The van der Waals surface area contributed by atoms with Crippen LogP contribution in [0.15, 0.2) is 24.3 Å². The molecule has 104 valence electrons. The minimum Gasteiger partial charge on any atom is -0.494 e. The highest BCUT2D eigenvalue weighted by Gasteiger charge is 1.95. The van der Waals surface area contributed by atoms with Crippen molar-refractivity contribution in [1.29, 1.82) is 5.26 Å². The van der Waals surface area contributed by atoms with Crippen LogP contribution in [0.1, 0.15) is 25.3 Å². The van der Waals surface area contributed by atoms with Crippen molar-refractivity contribution in [1.82, 2.24) is 10.6 Å². The molecule has 0 spiro atoms. The lowest BCUT2D eigenvalue weighted by molar-refractivity contribution is 0.308. The molecule has 0 radical (unpaired) electrons. The molecule has 0 unspecified atom stereocenters. The van der Waals surface area contributed by atoms with Gasteiger partial charge in [-0.2, -0.15) is 5.26 Å². The lowest BCUT2D eigenvalue weighted by atomic mass is 10.2. The van der Waals surface area contributed by atoms with Gasteiger partial charge in [-0.15, -0.1) is 0 Å². The molecule has 0 saturated heterocycles. The van der Waals surface area contributed by atoms with Crippen LogP contribution >= 0.6 is 0 Å². The van der Waals surface area contributed by atoms with Gasteiger partial charge in [0.2, 0.25) is 0 Å². The summed E-state index contributed by atoms with van der Waals surface area (Å²) >= 11 is 0. The van der Waals surface area contributed by atoms with Crippen LogP contribution in [0.2, 0.25) is 0 Å². The zero-order chi connectivity index (χ0) is 13.8. The standard InChI is InChI=1S/C15H23N3O/c1-2-17-9-3-10-18-11-4-12-19-15-7-5-14(13-16)6-8-15/h5-8,17-18H,2-4,9-12H2,1H3. The fourth-order valence-corrected chi connectivity index (χ4v) is 1.65. The predicted octanol–water partition coefficient (Wildman–Crippen LogP) is 1.92. The van der Waals surface area contributed by atoms with Crippen molar-refractivity contribution >= 4 is 0 Å². The predicted molar refractivity (Wildman–Crippen MR) is 77.3 cm³/mol. The summed E-state index contributed by atoms with van der Waals surface area (Å²) in [6, 6.07) is 9.30. The third kappa shape index (κ3) is 7.45. The molecule has 1 rings (SSSR count). The SMILES string of the molecule is CCNCCCNCCCOc1ccc(C#N)cc1. The van der Waals surface area contributed by atoms with Crippen LogP contribution in [0.25, 0.3) is 0 Å². The first kappa shape index (κ1) is 15.5. The maximum absolute atomic E-state index is 8.68. The van der Waals surface area contributed by atoms with Crippen molar-refractivity contribution in [2.24, 2.45) is 0 Å². The van der Waals surface area contributed by atoms with Gasteiger partial charge >= 0.3 is 0 Å². The molecule has 0 saturated carbocycles. The summed E-state index contributed by atoms with van der Waals surface area (Å²) in [4.78, 5) is 0. The molecule has 0 fully saturated rings. The van der Waals surface area contributed by atoms with E-state index in [2.05, 4.69) is 23.6 Å². The average molecular weight is 261 g/mol. The average Bonchev–Trinajstić information content (AvgIpc) is 2.46. The second-order valence-electron chi connectivity index (χ2n) is 4.30. The number of nitrogens with zero attached hydrogens (tertiary/aromatic N) is 1. The van der Waals surface area contributed by atoms with Gasteiger partial charge < -0.3 is 15.4 Å². The van der Waals surface area contributed by atoms with E-state index < -0.39 is 0 Å². The van der Waals surface area contributed by atoms with Gasteiger partial charge in [-0.05, 0) is 63.3 Å². The van der Waals surface area contributed by atoms with Crippen molar-refractivity contribution in [2.75, 3.05) is 32.8 Å². The van der Waals surface area contributed by atoms with Crippen molar-refractivity contribution < 1.29 is 4.74 Å². The lowest BCUT2D eigenvalue weighted by Gasteiger charge is -2.07. The second kappa shape index (κ2) is 10.4. The quantitative estimate of drug-likeness (QED) is 0.632. The molecule has 1 aromatic rings. The molecular formula is C15H23N3O. The maximum Gasteiger partial charge on any atom is 0.119 e. The summed E-state index contributed by atoms with van der Waals surface area (Å²) in [5.41, 5.74) is 0.662. The molecule has 0 aromatic heterocycles. The van der Waals surface area contributed by atoms with Crippen LogP contribution in [0.5, 0.6) is 5.75 Å². The van der Waals surface area contributed by atoms with Gasteiger partial charge in [-0.1, -0.05) is 6.92 Å². The fourth-order valence-electron chi connectivity index (χ4n) is 1.65. The van der Waals surface area contributed by atoms with E-state index in [1.165, 1.54) is 0 Å². The highest BCUT2D eigenvalue weighted by atomic mass is 16.5. The van der Waals surface area contributed by atoms with Gasteiger partial charge in [0.1, 0.15) is 5.75 Å². The smallest absolute Gasteiger partial charge is 0.119 e. The van der Waals surface area contributed by atoms with Gasteiger partial charge in [0.15, 0.2) is 0 Å². The van der Waals surface area contributed by atoms with Gasteiger partial charge in [-0.25, -0.2) is 0 Å². The summed E-state index contributed by atoms with van der Waals surface area (Å²) in [7, 11) is 0. The zero-order valence-electron chi connectivity index (χ0n) is 11.6. The van der Waals surface area contributed by atoms with E-state index in [0.717, 1.165) is 44.8 Å². The molecule has 0 aliphatic heterocycles. The number of nitriles is 1. The maximum atomic E-state index is 8.68. The van der Waals surface area contributed by atoms with E-state index >= 15 is 0 Å². The van der Waals surface area contributed by atoms with E-state index in [1.807, 2.05) is 12.1 Å². The number of rotatable bonds is 10. The first-order valence-electron chi connectivity index (χ1n) is 6.91. The highest BCUT2D eigenvalue weighted by Crippen LogP contribution is 2.11. The molecule has 0 atom stereocenters. The van der Waals surface area contributed by atoms with Crippen molar-refractivity contribution in [3.05, 3.63) is 29.8 Å². The number of benzene rings is 1. The Morgan fingerprint density at radius 1 is 1.05 bits per heavy atom. The zero-order valence-corrected chi connectivity index (χ0v) is 11.6. The number of nitrogens with one attached hydrogen (secondary N) is 2. The van der Waals surface area contributed by atoms with Gasteiger partial charge in [-0.3, -0.25) is 0 Å². The molecule has 0 aliphatic rings. The Hall–Kier alpha value is -1.57. The Morgan fingerprint density at radius 3 is 2.42 bits per heavy atom. The van der Waals surface area contributed by atoms with Gasteiger partial charge in [0.25, 0.3) is 0 Å². The molecular weight excluding hydrogens is 238 g/mol. The number of hydrogen-bond acceptors (Lipinski definition) is 4. The third-order valence-electron chi connectivity index (χ3n) is 2.71. The Kier molecular flexibility index (Phi) is 8.45. The monoisotopic (exact) mass is 261 g/mol. The minimum atomic E-state index is 0.662. The van der Waals surface area contributed by atoms with Gasteiger partial charge in [0, 0.05) is 0 Å². The largest absolute Gasteiger partial charge is 0.494 e. The van der Waals surface area contributed by atoms with E-state index in [1.54, 1.807) is 12.1 Å². The topological polar surface area (TPSA) is 57.1 Å². The summed E-state index contributed by atoms with van der Waals surface area (Å²) < 4.78 is 5.59. The molecule has 4 nitrogen and oxygen atoms in total. The van der Waals surface area contributed by atoms with Crippen LogP contribution in [-0.4, -0.2) is 32.8 Å². The van der Waals surface area contributed by atoms with Crippen LogP contribution < -0.4 is 15.4 Å². The summed E-state index contributed by atoms with van der Waals surface area (Å²) in [5, 5.41) is 15.4. The summed E-state index contributed by atoms with van der Waals surface area (Å²) in [6.07, 6.45) is 2.14. The van der Waals surface area contributed by atoms with Crippen LogP contribution in [0.4, 0.5) is 0 Å². The number of hydrogen-bond donors (Lipinski definition) is 2. The highest BCUT2D eigenvalue weighted by molar-refractivity contribution is 5.34. The second-order valence-corrected chi connectivity index (χ2v) is 4.30. The Morgan fingerprint density at radius 2 is 1.74 bits per heavy atom. The Bertz CT molecular complexity index is 370. The molecule has 2 N–H and O–H groups in total. The van der Waals surface area contributed by atoms with Crippen molar-refractivity contribution in [3.8, 4) is 11.8 Å². The molecule has 0 amide bonds. The lowest BCUT2D eigenvalue weighted by Crippen LogP contribution is -2.23. The third-order valence-corrected chi connectivity index (χ3v) is 2.71. The van der Waals surface area contributed by atoms with Crippen molar-refractivity contribution in [2.45, 2.75) is 19.8 Å². The van der Waals surface area contributed by atoms with Crippen LogP contribution in [0.3, 0.4) is 0 Å². The Balaban J connectivity index is 1.97. The summed E-state index contributed by atoms with van der Waals surface area (Å²) in [5.74, 6) is 0.825. The first-order valence-corrected chi connectivity index (χ1v) is 6.91. The van der Waals surface area contributed by atoms with Gasteiger partial charge in [0.05, 0.1) is 18.2 Å². The molecule has 19 heavy (non-hydrogen) atoms. The van der Waals surface area contributed by atoms with E-state index in [9.17, 15) is 0 Å². The minimum absolute atomic E-state index is 0.662. The molecule has 1 aromatic carbocycles. The number of ether oxygens (including phenoxy) is 1. The van der Waals surface area contributed by atoms with Crippen molar-refractivity contribution in [3.63, 3.8) is 0 Å². The summed E-state index contributed by atoms with van der Waals surface area (Å²) in [6.45, 7) is 6.95.